The molecule has 156 valence electrons. The van der Waals surface area contributed by atoms with Crippen LogP contribution in [0.5, 0.6) is 0 Å². The van der Waals surface area contributed by atoms with Crippen molar-refractivity contribution in [1.82, 2.24) is 4.90 Å². The van der Waals surface area contributed by atoms with E-state index in [0.717, 1.165) is 42.5 Å². The largest absolute Gasteiger partial charge is 0.277 e. The maximum atomic E-state index is 13.6. The molecule has 0 unspecified atom stereocenters. The third kappa shape index (κ3) is 3.12. The van der Waals surface area contributed by atoms with Crippen molar-refractivity contribution in [2.24, 2.45) is 5.92 Å². The Labute approximate surface area is 181 Å². The molecular formula is C24H25ClN2O3. The second kappa shape index (κ2) is 7.71. The molecule has 2 saturated heterocycles. The van der Waals surface area contributed by atoms with E-state index in [-0.39, 0.29) is 23.9 Å². The van der Waals surface area contributed by atoms with Crippen LogP contribution < -0.4 is 5.06 Å². The second-order valence-electron chi connectivity index (χ2n) is 8.49. The third-order valence-electron chi connectivity index (χ3n) is 6.68. The first-order chi connectivity index (χ1) is 14.6. The third-order valence-corrected chi connectivity index (χ3v) is 6.93. The molecule has 6 heteroatoms. The summed E-state index contributed by atoms with van der Waals surface area (Å²) in [5.41, 5.74) is 2.86. The van der Waals surface area contributed by atoms with Gasteiger partial charge in [0.15, 0.2) is 6.10 Å². The quantitative estimate of drug-likeness (QED) is 0.662. The molecule has 0 bridgehead atoms. The minimum atomic E-state index is -0.778. The van der Waals surface area contributed by atoms with Gasteiger partial charge in [-0.3, -0.25) is 19.3 Å². The molecule has 2 aromatic rings. The van der Waals surface area contributed by atoms with Crippen LogP contribution in [-0.4, -0.2) is 28.9 Å². The lowest BCUT2D eigenvalue weighted by atomic mass is 9.88. The Kier molecular flexibility index (Phi) is 5.03. The van der Waals surface area contributed by atoms with Crippen molar-refractivity contribution in [3.63, 3.8) is 0 Å². The summed E-state index contributed by atoms with van der Waals surface area (Å²) in [6, 6.07) is 15.0. The van der Waals surface area contributed by atoms with Crippen molar-refractivity contribution in [3.8, 4) is 0 Å². The number of amides is 2. The monoisotopic (exact) mass is 424 g/mol. The van der Waals surface area contributed by atoms with Crippen LogP contribution in [0.15, 0.2) is 48.5 Å². The zero-order valence-electron chi connectivity index (χ0n) is 17.0. The Morgan fingerprint density at radius 2 is 1.63 bits per heavy atom. The van der Waals surface area contributed by atoms with Crippen LogP contribution in [-0.2, 0) is 14.4 Å². The van der Waals surface area contributed by atoms with Gasteiger partial charge in [-0.2, -0.15) is 0 Å². The maximum Gasteiger partial charge on any atom is 0.262 e. The van der Waals surface area contributed by atoms with E-state index < -0.39 is 12.0 Å². The Hall–Kier alpha value is -2.37. The van der Waals surface area contributed by atoms with E-state index >= 15 is 0 Å². The van der Waals surface area contributed by atoms with Crippen LogP contribution in [0.3, 0.4) is 0 Å². The average molecular weight is 425 g/mol. The van der Waals surface area contributed by atoms with Crippen molar-refractivity contribution in [2.75, 3.05) is 5.06 Å². The molecule has 30 heavy (non-hydrogen) atoms. The second-order valence-corrected chi connectivity index (χ2v) is 8.93. The molecule has 5 nitrogen and oxygen atoms in total. The molecule has 0 radical (unpaired) electrons. The zero-order chi connectivity index (χ0) is 20.8. The minimum absolute atomic E-state index is 0.00875. The summed E-state index contributed by atoms with van der Waals surface area (Å²) in [4.78, 5) is 34.7. The van der Waals surface area contributed by atoms with Crippen molar-refractivity contribution in [2.45, 2.75) is 57.2 Å². The van der Waals surface area contributed by atoms with Gasteiger partial charge in [0.2, 0.25) is 5.91 Å². The lowest BCUT2D eigenvalue weighted by Gasteiger charge is -2.33. The van der Waals surface area contributed by atoms with Gasteiger partial charge in [0.1, 0.15) is 5.92 Å². The highest BCUT2D eigenvalue weighted by Crippen LogP contribution is 2.48. The zero-order valence-corrected chi connectivity index (χ0v) is 17.7. The molecule has 0 spiro atoms. The first kappa shape index (κ1) is 19.6. The number of anilines is 1. The normalized spacial score (nSPS) is 27.1. The molecule has 1 saturated carbocycles. The summed E-state index contributed by atoms with van der Waals surface area (Å²) < 4.78 is 0. The van der Waals surface area contributed by atoms with Crippen molar-refractivity contribution in [1.29, 1.82) is 0 Å². The fourth-order valence-electron chi connectivity index (χ4n) is 5.18. The number of hydrogen-bond donors (Lipinski definition) is 0. The van der Waals surface area contributed by atoms with E-state index in [0.29, 0.717) is 5.02 Å². The molecule has 2 amide bonds. The van der Waals surface area contributed by atoms with Crippen LogP contribution in [0.4, 0.5) is 5.69 Å². The number of aryl methyl sites for hydroxylation is 1. The molecule has 1 aliphatic carbocycles. The molecule has 3 fully saturated rings. The smallest absolute Gasteiger partial charge is 0.262 e. The van der Waals surface area contributed by atoms with E-state index in [9.17, 15) is 9.59 Å². The summed E-state index contributed by atoms with van der Waals surface area (Å²) in [7, 11) is 0. The Bertz CT molecular complexity index is 971. The molecule has 2 heterocycles. The highest BCUT2D eigenvalue weighted by molar-refractivity contribution is 6.30. The number of carbonyl (C=O) groups is 2. The van der Waals surface area contributed by atoms with E-state index in [1.54, 1.807) is 17.2 Å². The van der Waals surface area contributed by atoms with Crippen molar-refractivity contribution < 1.29 is 14.4 Å². The SMILES string of the molecule is Cc1ccccc1[C@@H]1[C@@H]2C(=O)N(C3CCCCC3)C(=O)[C@@H]2ON1c1ccc(Cl)cc1. The van der Waals surface area contributed by atoms with Crippen molar-refractivity contribution in [3.05, 3.63) is 64.7 Å². The van der Waals surface area contributed by atoms with Crippen molar-refractivity contribution >= 4 is 29.1 Å². The fraction of sp³-hybridized carbons (Fsp3) is 0.417. The van der Waals surface area contributed by atoms with Crippen LogP contribution in [0, 0.1) is 12.8 Å². The molecule has 5 rings (SSSR count). The van der Waals surface area contributed by atoms with E-state index in [1.807, 2.05) is 43.3 Å². The highest BCUT2D eigenvalue weighted by Gasteiger charge is 2.61. The first-order valence-electron chi connectivity index (χ1n) is 10.7. The topological polar surface area (TPSA) is 49.9 Å². The van der Waals surface area contributed by atoms with E-state index in [1.165, 1.54) is 11.3 Å². The number of fused-ring (bicyclic) bond motifs is 1. The maximum absolute atomic E-state index is 13.6. The Morgan fingerprint density at radius 3 is 2.33 bits per heavy atom. The van der Waals surface area contributed by atoms with Crippen LogP contribution in [0.2, 0.25) is 5.02 Å². The number of likely N-dealkylation sites (tertiary alicyclic amines) is 1. The molecule has 3 atom stereocenters. The molecule has 0 N–H and O–H groups in total. The Morgan fingerprint density at radius 1 is 0.933 bits per heavy atom. The molecule has 2 aromatic carbocycles. The van der Waals surface area contributed by atoms with Gasteiger partial charge in [0, 0.05) is 11.1 Å². The summed E-state index contributed by atoms with van der Waals surface area (Å²) in [5.74, 6) is -0.829. The molecule has 2 aliphatic heterocycles. The van der Waals surface area contributed by atoms with Crippen LogP contribution >= 0.6 is 11.6 Å². The predicted molar refractivity (Wildman–Crippen MR) is 115 cm³/mol. The van der Waals surface area contributed by atoms with Gasteiger partial charge in [-0.15, -0.1) is 0 Å². The number of imide groups is 1. The van der Waals surface area contributed by atoms with Gasteiger partial charge >= 0.3 is 0 Å². The fourth-order valence-corrected chi connectivity index (χ4v) is 5.31. The minimum Gasteiger partial charge on any atom is -0.277 e. The van der Waals surface area contributed by atoms with Gasteiger partial charge in [-0.05, 0) is 55.2 Å². The van der Waals surface area contributed by atoms with Gasteiger partial charge < -0.3 is 0 Å². The Balaban J connectivity index is 1.56. The van der Waals surface area contributed by atoms with Gasteiger partial charge in [-0.1, -0.05) is 55.1 Å². The number of halogens is 1. The predicted octanol–water partition coefficient (Wildman–Crippen LogP) is 4.83. The molecule has 3 aliphatic rings. The molecular weight excluding hydrogens is 400 g/mol. The summed E-state index contributed by atoms with van der Waals surface area (Å²) in [5, 5.41) is 2.36. The molecule has 0 aromatic heterocycles. The number of hydrogen-bond acceptors (Lipinski definition) is 4. The van der Waals surface area contributed by atoms with Gasteiger partial charge in [-0.25, -0.2) is 5.06 Å². The first-order valence-corrected chi connectivity index (χ1v) is 11.1. The summed E-state index contributed by atoms with van der Waals surface area (Å²) in [6.07, 6.45) is 4.32. The number of rotatable bonds is 3. The summed E-state index contributed by atoms with van der Waals surface area (Å²) >= 11 is 6.07. The highest BCUT2D eigenvalue weighted by atomic mass is 35.5. The number of benzene rings is 2. The number of hydroxylamine groups is 1. The lowest BCUT2D eigenvalue weighted by molar-refractivity contribution is -0.146. The lowest BCUT2D eigenvalue weighted by Crippen LogP contribution is -2.44. The van der Waals surface area contributed by atoms with E-state index in [4.69, 9.17) is 16.4 Å². The number of nitrogens with zero attached hydrogens (tertiary/aromatic N) is 2. The van der Waals surface area contributed by atoms with E-state index in [2.05, 4.69) is 0 Å². The van der Waals surface area contributed by atoms with Crippen LogP contribution in [0.25, 0.3) is 0 Å². The number of carbonyl (C=O) groups excluding carboxylic acids is 2. The summed E-state index contributed by atoms with van der Waals surface area (Å²) in [6.45, 7) is 2.03. The van der Waals surface area contributed by atoms with Gasteiger partial charge in [0.25, 0.3) is 5.91 Å². The van der Waals surface area contributed by atoms with Gasteiger partial charge in [0.05, 0.1) is 11.7 Å². The average Bonchev–Trinajstić information content (AvgIpc) is 3.26. The standard InChI is InChI=1S/C24H25ClN2O3/c1-15-7-5-6-10-19(15)21-20-22(30-27(21)18-13-11-16(25)12-14-18)24(29)26(23(20)28)17-8-3-2-4-9-17/h5-7,10-14,17,20-22H,2-4,8-9H2,1H3/t20-,21+,22+/m0/s1. The van der Waals surface area contributed by atoms with Crippen LogP contribution in [0.1, 0.15) is 49.3 Å².